The monoisotopic (exact) mass is 259 g/mol. The first-order valence-electron chi connectivity index (χ1n) is 6.42. The minimum Gasteiger partial charge on any atom is -0.446 e. The largest absolute Gasteiger partial charge is 0.446 e. The van der Waals surface area contributed by atoms with Crippen LogP contribution in [-0.4, -0.2) is 36.1 Å². The van der Waals surface area contributed by atoms with Crippen LogP contribution in [0, 0.1) is 6.92 Å². The minimum absolute atomic E-state index is 0.697. The van der Waals surface area contributed by atoms with E-state index in [1.165, 1.54) is 0 Å². The number of aryl methyl sites for hydroxylation is 1. The van der Waals surface area contributed by atoms with Gasteiger partial charge in [0.15, 0.2) is 5.88 Å². The average molecular weight is 259 g/mol. The standard InChI is InChI=1S/C13H17N5O/c1-10-2-3-13(19-10)17-11-8-12(16-9-15-11)18-6-4-14-5-7-18/h2-3,8-9,14H,4-7H2,1H3,(H,15,16,17). The van der Waals surface area contributed by atoms with Crippen molar-refractivity contribution >= 4 is 17.5 Å². The van der Waals surface area contributed by atoms with Crippen LogP contribution >= 0.6 is 0 Å². The summed E-state index contributed by atoms with van der Waals surface area (Å²) < 4.78 is 5.48. The fourth-order valence-corrected chi connectivity index (χ4v) is 2.11. The van der Waals surface area contributed by atoms with Crippen molar-refractivity contribution < 1.29 is 4.42 Å². The first-order chi connectivity index (χ1) is 9.31. The summed E-state index contributed by atoms with van der Waals surface area (Å²) in [5.41, 5.74) is 0. The molecule has 6 heteroatoms. The maximum absolute atomic E-state index is 5.48. The van der Waals surface area contributed by atoms with Crippen LogP contribution < -0.4 is 15.5 Å². The molecule has 1 saturated heterocycles. The van der Waals surface area contributed by atoms with E-state index in [4.69, 9.17) is 4.42 Å². The quantitative estimate of drug-likeness (QED) is 0.871. The molecule has 0 aliphatic carbocycles. The van der Waals surface area contributed by atoms with E-state index in [2.05, 4.69) is 25.5 Å². The summed E-state index contributed by atoms with van der Waals surface area (Å²) in [6.45, 7) is 5.83. The van der Waals surface area contributed by atoms with Crippen LogP contribution in [-0.2, 0) is 0 Å². The van der Waals surface area contributed by atoms with Crippen molar-refractivity contribution in [2.45, 2.75) is 6.92 Å². The molecule has 3 rings (SSSR count). The van der Waals surface area contributed by atoms with Gasteiger partial charge in [-0.2, -0.15) is 0 Å². The number of nitrogens with one attached hydrogen (secondary N) is 2. The van der Waals surface area contributed by atoms with Gasteiger partial charge >= 0.3 is 0 Å². The van der Waals surface area contributed by atoms with Gasteiger partial charge in [-0.15, -0.1) is 0 Å². The van der Waals surface area contributed by atoms with E-state index in [9.17, 15) is 0 Å². The zero-order chi connectivity index (χ0) is 13.1. The van der Waals surface area contributed by atoms with Crippen molar-refractivity contribution in [2.75, 3.05) is 36.4 Å². The molecule has 0 unspecified atom stereocenters. The van der Waals surface area contributed by atoms with E-state index in [1.54, 1.807) is 6.33 Å². The lowest BCUT2D eigenvalue weighted by molar-refractivity contribution is 0.551. The molecule has 0 saturated carbocycles. The van der Waals surface area contributed by atoms with Gasteiger partial charge in [0.25, 0.3) is 0 Å². The Morgan fingerprint density at radius 1 is 1.26 bits per heavy atom. The molecule has 19 heavy (non-hydrogen) atoms. The number of hydrogen-bond donors (Lipinski definition) is 2. The van der Waals surface area contributed by atoms with Gasteiger partial charge in [-0.3, -0.25) is 0 Å². The van der Waals surface area contributed by atoms with Crippen LogP contribution in [0.25, 0.3) is 0 Å². The second-order valence-corrected chi connectivity index (χ2v) is 4.53. The van der Waals surface area contributed by atoms with Gasteiger partial charge in [0.1, 0.15) is 23.7 Å². The van der Waals surface area contributed by atoms with Crippen molar-refractivity contribution in [3.63, 3.8) is 0 Å². The summed E-state index contributed by atoms with van der Waals surface area (Å²) in [5.74, 6) is 3.27. The summed E-state index contributed by atoms with van der Waals surface area (Å²) in [4.78, 5) is 10.8. The Hall–Kier alpha value is -2.08. The summed E-state index contributed by atoms with van der Waals surface area (Å²) in [5, 5.41) is 6.47. The molecular weight excluding hydrogens is 242 g/mol. The molecule has 0 radical (unpaired) electrons. The molecule has 6 nitrogen and oxygen atoms in total. The van der Waals surface area contributed by atoms with Gasteiger partial charge in [-0.1, -0.05) is 0 Å². The highest BCUT2D eigenvalue weighted by atomic mass is 16.4. The van der Waals surface area contributed by atoms with E-state index in [0.717, 1.165) is 43.6 Å². The number of aromatic nitrogens is 2. The number of furan rings is 1. The maximum Gasteiger partial charge on any atom is 0.198 e. The Morgan fingerprint density at radius 2 is 2.11 bits per heavy atom. The van der Waals surface area contributed by atoms with Gasteiger partial charge < -0.3 is 20.0 Å². The molecule has 100 valence electrons. The van der Waals surface area contributed by atoms with Gasteiger partial charge in [-0.25, -0.2) is 9.97 Å². The van der Waals surface area contributed by atoms with E-state index in [0.29, 0.717) is 5.88 Å². The van der Waals surface area contributed by atoms with Crippen LogP contribution in [0.1, 0.15) is 5.76 Å². The second kappa shape index (κ2) is 5.27. The molecule has 1 aliphatic heterocycles. The normalized spacial score (nSPS) is 15.5. The Balaban J connectivity index is 1.75. The predicted octanol–water partition coefficient (Wildman–Crippen LogP) is 1.53. The Kier molecular flexibility index (Phi) is 3.33. The minimum atomic E-state index is 0.697. The summed E-state index contributed by atoms with van der Waals surface area (Å²) in [6, 6.07) is 5.76. The van der Waals surface area contributed by atoms with Crippen molar-refractivity contribution in [1.29, 1.82) is 0 Å². The van der Waals surface area contributed by atoms with Crippen LogP contribution in [0.2, 0.25) is 0 Å². The third-order valence-corrected chi connectivity index (χ3v) is 3.09. The fourth-order valence-electron chi connectivity index (χ4n) is 2.11. The van der Waals surface area contributed by atoms with Crippen LogP contribution in [0.4, 0.5) is 17.5 Å². The second-order valence-electron chi connectivity index (χ2n) is 4.53. The zero-order valence-corrected chi connectivity index (χ0v) is 10.9. The molecule has 0 spiro atoms. The first kappa shape index (κ1) is 12.0. The molecule has 3 heterocycles. The smallest absolute Gasteiger partial charge is 0.198 e. The number of anilines is 3. The molecule has 1 aliphatic rings. The third-order valence-electron chi connectivity index (χ3n) is 3.09. The Bertz CT molecular complexity index is 547. The molecule has 2 aromatic heterocycles. The molecule has 0 atom stereocenters. The zero-order valence-electron chi connectivity index (χ0n) is 10.9. The lowest BCUT2D eigenvalue weighted by Gasteiger charge is -2.28. The first-order valence-corrected chi connectivity index (χ1v) is 6.42. The summed E-state index contributed by atoms with van der Waals surface area (Å²) >= 11 is 0. The van der Waals surface area contributed by atoms with Crippen LogP contribution in [0.3, 0.4) is 0 Å². The molecule has 0 aromatic carbocycles. The molecule has 2 N–H and O–H groups in total. The highest BCUT2D eigenvalue weighted by molar-refractivity contribution is 5.55. The molecule has 0 bridgehead atoms. The lowest BCUT2D eigenvalue weighted by atomic mass is 10.3. The van der Waals surface area contributed by atoms with Crippen molar-refractivity contribution in [1.82, 2.24) is 15.3 Å². The van der Waals surface area contributed by atoms with E-state index in [1.807, 2.05) is 25.1 Å². The van der Waals surface area contributed by atoms with Crippen molar-refractivity contribution in [2.24, 2.45) is 0 Å². The van der Waals surface area contributed by atoms with Crippen LogP contribution in [0.15, 0.2) is 28.9 Å². The van der Waals surface area contributed by atoms with Gasteiger partial charge in [0.05, 0.1) is 0 Å². The molecular formula is C13H17N5O. The van der Waals surface area contributed by atoms with E-state index in [-0.39, 0.29) is 0 Å². The summed E-state index contributed by atoms with van der Waals surface area (Å²) in [6.07, 6.45) is 1.58. The SMILES string of the molecule is Cc1ccc(Nc2cc(N3CCNCC3)ncn2)o1. The number of piperazine rings is 1. The molecule has 1 fully saturated rings. The van der Waals surface area contributed by atoms with Gasteiger partial charge in [0, 0.05) is 38.3 Å². The summed E-state index contributed by atoms with van der Waals surface area (Å²) in [7, 11) is 0. The number of nitrogens with zero attached hydrogens (tertiary/aromatic N) is 3. The van der Waals surface area contributed by atoms with E-state index >= 15 is 0 Å². The van der Waals surface area contributed by atoms with E-state index < -0.39 is 0 Å². The number of rotatable bonds is 3. The average Bonchev–Trinajstić information content (AvgIpc) is 2.85. The van der Waals surface area contributed by atoms with Gasteiger partial charge in [-0.05, 0) is 13.0 Å². The Labute approximate surface area is 111 Å². The lowest BCUT2D eigenvalue weighted by Crippen LogP contribution is -2.43. The Morgan fingerprint density at radius 3 is 2.84 bits per heavy atom. The maximum atomic E-state index is 5.48. The highest BCUT2D eigenvalue weighted by Gasteiger charge is 2.12. The van der Waals surface area contributed by atoms with Crippen LogP contribution in [0.5, 0.6) is 0 Å². The highest BCUT2D eigenvalue weighted by Crippen LogP contribution is 2.20. The van der Waals surface area contributed by atoms with Crippen molar-refractivity contribution in [3.8, 4) is 0 Å². The van der Waals surface area contributed by atoms with Gasteiger partial charge in [0.2, 0.25) is 0 Å². The molecule has 0 amide bonds. The third kappa shape index (κ3) is 2.85. The predicted molar refractivity (Wildman–Crippen MR) is 73.8 cm³/mol. The fraction of sp³-hybridized carbons (Fsp3) is 0.385. The van der Waals surface area contributed by atoms with Crippen molar-refractivity contribution in [3.05, 3.63) is 30.3 Å². The number of hydrogen-bond acceptors (Lipinski definition) is 6. The topological polar surface area (TPSA) is 66.2 Å². The molecule has 2 aromatic rings.